The molecule has 25 heavy (non-hydrogen) atoms. The summed E-state index contributed by atoms with van der Waals surface area (Å²) in [5.41, 5.74) is -0.373. The molecule has 136 valence electrons. The van der Waals surface area contributed by atoms with E-state index in [2.05, 4.69) is 10.6 Å². The predicted octanol–water partition coefficient (Wildman–Crippen LogP) is 1.52. The molecule has 2 atom stereocenters. The first-order chi connectivity index (χ1) is 11.7. The molecule has 0 aromatic heterocycles. The molecule has 0 aliphatic heterocycles. The van der Waals surface area contributed by atoms with Gasteiger partial charge in [-0.3, -0.25) is 14.4 Å². The maximum Gasteiger partial charge on any atom is 0.326 e. The third kappa shape index (κ3) is 6.98. The molecule has 1 aromatic rings. The molecule has 10 heteroatoms. The average Bonchev–Trinajstić information content (AvgIpc) is 2.57. The van der Waals surface area contributed by atoms with E-state index in [0.29, 0.717) is 5.69 Å². The summed E-state index contributed by atoms with van der Waals surface area (Å²) in [5.74, 6) is -3.79. The predicted molar refractivity (Wildman–Crippen MR) is 91.2 cm³/mol. The van der Waals surface area contributed by atoms with Crippen molar-refractivity contribution in [2.75, 3.05) is 11.2 Å². The van der Waals surface area contributed by atoms with Crippen molar-refractivity contribution in [1.82, 2.24) is 5.32 Å². The second-order valence-corrected chi connectivity index (χ2v) is 5.68. The number of hydrogen-bond acceptors (Lipinski definition) is 5. The van der Waals surface area contributed by atoms with Crippen LogP contribution in [-0.4, -0.2) is 51.3 Å². The lowest BCUT2D eigenvalue weighted by atomic mass is 10.1. The van der Waals surface area contributed by atoms with E-state index in [1.165, 1.54) is 24.3 Å². The molecule has 0 saturated heterocycles. The van der Waals surface area contributed by atoms with Crippen molar-refractivity contribution in [2.45, 2.75) is 24.4 Å². The Bertz CT molecular complexity index is 650. The average molecular weight is 391 g/mol. The zero-order chi connectivity index (χ0) is 19.0. The van der Waals surface area contributed by atoms with E-state index in [4.69, 9.17) is 33.4 Å². The first-order valence-corrected chi connectivity index (χ1v) is 8.06. The van der Waals surface area contributed by atoms with Gasteiger partial charge in [-0.15, -0.1) is 11.6 Å². The van der Waals surface area contributed by atoms with Gasteiger partial charge in [-0.2, -0.15) is 0 Å². The molecule has 0 heterocycles. The number of carboxylic acid groups (broad SMARTS) is 2. The van der Waals surface area contributed by atoms with Gasteiger partial charge in [0.2, 0.25) is 0 Å². The number of amides is 1. The third-order valence-corrected chi connectivity index (χ3v) is 3.72. The topological polar surface area (TPSA) is 133 Å². The van der Waals surface area contributed by atoms with Crippen LogP contribution in [0.1, 0.15) is 23.2 Å². The summed E-state index contributed by atoms with van der Waals surface area (Å²) in [4.78, 5) is 44.9. The number of carboxylic acids is 2. The molecule has 1 aromatic carbocycles. The highest BCUT2D eigenvalue weighted by Crippen LogP contribution is 2.13. The summed E-state index contributed by atoms with van der Waals surface area (Å²) in [5, 5.41) is 22.6. The summed E-state index contributed by atoms with van der Waals surface area (Å²) in [6.45, 7) is 0. The molecule has 4 N–H and O–H groups in total. The number of nitrogens with one attached hydrogen (secondary N) is 2. The van der Waals surface area contributed by atoms with Crippen LogP contribution in [0, 0.1) is 0 Å². The van der Waals surface area contributed by atoms with Crippen molar-refractivity contribution in [3.05, 3.63) is 29.8 Å². The van der Waals surface area contributed by atoms with Crippen LogP contribution in [0.3, 0.4) is 0 Å². The fourth-order valence-electron chi connectivity index (χ4n) is 1.78. The molecule has 0 fully saturated rings. The van der Waals surface area contributed by atoms with E-state index >= 15 is 0 Å². The molecule has 0 bridgehead atoms. The number of rotatable bonds is 10. The standard InChI is InChI=1S/C15H16Cl2N2O6/c16-7-11(20)13(17)18-9-3-1-8(2-4-9)14(23)19-10(15(24)25)5-6-12(21)22/h1-4,10,13,18H,5-7H2,(H,19,23)(H,21,22)(H,24,25)/t10-,13?/m0/s1. The lowest BCUT2D eigenvalue weighted by Crippen LogP contribution is -2.41. The normalized spacial score (nSPS) is 12.7. The number of hydrogen-bond donors (Lipinski definition) is 4. The van der Waals surface area contributed by atoms with Crippen molar-refractivity contribution in [2.24, 2.45) is 0 Å². The Balaban J connectivity index is 2.70. The second-order valence-electron chi connectivity index (χ2n) is 4.98. The van der Waals surface area contributed by atoms with E-state index in [9.17, 15) is 19.2 Å². The van der Waals surface area contributed by atoms with E-state index in [-0.39, 0.29) is 24.3 Å². The number of carbonyl (C=O) groups is 4. The zero-order valence-corrected chi connectivity index (χ0v) is 14.4. The zero-order valence-electron chi connectivity index (χ0n) is 12.9. The van der Waals surface area contributed by atoms with Gasteiger partial charge in [0.15, 0.2) is 11.3 Å². The maximum atomic E-state index is 12.1. The molecule has 0 aliphatic rings. The van der Waals surface area contributed by atoms with Crippen molar-refractivity contribution >= 4 is 52.5 Å². The summed E-state index contributed by atoms with van der Waals surface area (Å²) in [6, 6.07) is 4.47. The number of anilines is 1. The summed E-state index contributed by atoms with van der Waals surface area (Å²) in [6.07, 6.45) is -0.615. The van der Waals surface area contributed by atoms with Gasteiger partial charge < -0.3 is 20.8 Å². The van der Waals surface area contributed by atoms with E-state index < -0.39 is 35.2 Å². The minimum Gasteiger partial charge on any atom is -0.481 e. The van der Waals surface area contributed by atoms with Crippen LogP contribution in [0.15, 0.2) is 24.3 Å². The molecule has 0 radical (unpaired) electrons. The van der Waals surface area contributed by atoms with Crippen LogP contribution in [0.5, 0.6) is 0 Å². The Morgan fingerprint density at radius 2 is 1.68 bits per heavy atom. The molecule has 1 unspecified atom stereocenters. The van der Waals surface area contributed by atoms with Gasteiger partial charge in [0.25, 0.3) is 5.91 Å². The maximum absolute atomic E-state index is 12.1. The van der Waals surface area contributed by atoms with Crippen molar-refractivity contribution < 1.29 is 29.4 Å². The van der Waals surface area contributed by atoms with E-state index in [0.717, 1.165) is 0 Å². The Kier molecular flexibility index (Phi) is 8.17. The number of Topliss-reactive ketones (excluding diaryl/α,β-unsaturated/α-hetero) is 1. The molecule has 1 amide bonds. The highest BCUT2D eigenvalue weighted by molar-refractivity contribution is 6.38. The van der Waals surface area contributed by atoms with Crippen molar-refractivity contribution in [1.29, 1.82) is 0 Å². The van der Waals surface area contributed by atoms with Gasteiger partial charge in [0, 0.05) is 17.7 Å². The van der Waals surface area contributed by atoms with Crippen LogP contribution >= 0.6 is 23.2 Å². The summed E-state index contributed by atoms with van der Waals surface area (Å²) >= 11 is 11.2. The van der Waals surface area contributed by atoms with Gasteiger partial charge in [-0.25, -0.2) is 4.79 Å². The van der Waals surface area contributed by atoms with E-state index in [1.807, 2.05) is 0 Å². The monoisotopic (exact) mass is 390 g/mol. The molecular formula is C15H16Cl2N2O6. The Morgan fingerprint density at radius 1 is 1.08 bits per heavy atom. The SMILES string of the molecule is O=C(O)CC[C@H](NC(=O)c1ccc(NC(Cl)C(=O)CCl)cc1)C(=O)O. The number of aliphatic carboxylic acids is 2. The van der Waals surface area contributed by atoms with Gasteiger partial charge >= 0.3 is 11.9 Å². The quantitative estimate of drug-likeness (QED) is 0.351. The van der Waals surface area contributed by atoms with Crippen LogP contribution in [0.4, 0.5) is 5.69 Å². The number of halogens is 2. The number of carbonyl (C=O) groups excluding carboxylic acids is 2. The number of ketones is 1. The molecule has 8 nitrogen and oxygen atoms in total. The largest absolute Gasteiger partial charge is 0.481 e. The van der Waals surface area contributed by atoms with Crippen molar-refractivity contribution in [3.8, 4) is 0 Å². The lowest BCUT2D eigenvalue weighted by Gasteiger charge is -2.14. The third-order valence-electron chi connectivity index (χ3n) is 3.11. The van der Waals surface area contributed by atoms with Gasteiger partial charge in [0.05, 0.1) is 5.88 Å². The molecule has 0 saturated carbocycles. The van der Waals surface area contributed by atoms with E-state index in [1.54, 1.807) is 0 Å². The first kappa shape index (κ1) is 20.7. The van der Waals surface area contributed by atoms with Crippen LogP contribution < -0.4 is 10.6 Å². The second kappa shape index (κ2) is 9.85. The smallest absolute Gasteiger partial charge is 0.326 e. The minimum absolute atomic E-state index is 0.168. The first-order valence-electron chi connectivity index (χ1n) is 7.09. The van der Waals surface area contributed by atoms with Crippen LogP contribution in [0.25, 0.3) is 0 Å². The van der Waals surface area contributed by atoms with Gasteiger partial charge in [0.1, 0.15) is 6.04 Å². The Labute approximate surface area is 153 Å². The van der Waals surface area contributed by atoms with Crippen LogP contribution in [0.2, 0.25) is 0 Å². The summed E-state index contributed by atoms with van der Waals surface area (Å²) in [7, 11) is 0. The van der Waals surface area contributed by atoms with Gasteiger partial charge in [-0.1, -0.05) is 11.6 Å². The molecule has 0 aliphatic carbocycles. The Morgan fingerprint density at radius 3 is 2.16 bits per heavy atom. The minimum atomic E-state index is -1.32. The molecule has 1 rings (SSSR count). The molecule has 0 spiro atoms. The van der Waals surface area contributed by atoms with Crippen molar-refractivity contribution in [3.63, 3.8) is 0 Å². The number of alkyl halides is 2. The highest BCUT2D eigenvalue weighted by atomic mass is 35.5. The summed E-state index contributed by atoms with van der Waals surface area (Å²) < 4.78 is 0. The van der Waals surface area contributed by atoms with Gasteiger partial charge in [-0.05, 0) is 30.7 Å². The highest BCUT2D eigenvalue weighted by Gasteiger charge is 2.21. The molecular weight excluding hydrogens is 375 g/mol. The fraction of sp³-hybridized carbons (Fsp3) is 0.333. The number of benzene rings is 1. The Hall–Kier alpha value is -2.32. The van der Waals surface area contributed by atoms with Crippen LogP contribution in [-0.2, 0) is 14.4 Å². The fourth-order valence-corrected chi connectivity index (χ4v) is 2.22. The lowest BCUT2D eigenvalue weighted by molar-refractivity contribution is -0.140.